The van der Waals surface area contributed by atoms with Crippen LogP contribution in [0, 0.1) is 6.92 Å². The van der Waals surface area contributed by atoms with Crippen LogP contribution in [0.5, 0.6) is 0 Å². The first-order valence-electron chi connectivity index (χ1n) is 7.75. The van der Waals surface area contributed by atoms with Gasteiger partial charge in [-0.05, 0) is 31.4 Å². The Morgan fingerprint density at radius 1 is 1.20 bits per heavy atom. The van der Waals surface area contributed by atoms with Crippen molar-refractivity contribution in [1.82, 2.24) is 14.2 Å². The summed E-state index contributed by atoms with van der Waals surface area (Å²) in [6.07, 6.45) is 8.79. The number of nitrogens with zero attached hydrogens (tertiary/aromatic N) is 3. The number of aromatic nitrogens is 3. The van der Waals surface area contributed by atoms with Crippen molar-refractivity contribution in [3.63, 3.8) is 0 Å². The normalized spacial score (nSPS) is 12.9. The molecule has 2 aromatic rings. The summed E-state index contributed by atoms with van der Waals surface area (Å²) in [5, 5.41) is 4.49. The molecule has 0 aromatic carbocycles. The second-order valence-electron chi connectivity index (χ2n) is 5.57. The van der Waals surface area contributed by atoms with Crippen LogP contribution >= 0.6 is 0 Å². The van der Waals surface area contributed by atoms with Crippen LogP contribution in [0.3, 0.4) is 0 Å². The number of pyridine rings is 1. The van der Waals surface area contributed by atoms with E-state index in [0.717, 1.165) is 24.1 Å². The minimum atomic E-state index is -0.00829. The first-order chi connectivity index (χ1) is 9.67. The largest absolute Gasteiger partial charge is 0.350 e. The van der Waals surface area contributed by atoms with E-state index in [2.05, 4.69) is 18.9 Å². The number of unbranched alkanes of at least 4 members (excludes halogenated alkanes) is 3. The molecular weight excluding hydrogens is 250 g/mol. The molecule has 1 unspecified atom stereocenters. The lowest BCUT2D eigenvalue weighted by atomic mass is 10.1. The van der Waals surface area contributed by atoms with Crippen molar-refractivity contribution in [2.75, 3.05) is 0 Å². The van der Waals surface area contributed by atoms with Gasteiger partial charge in [0.2, 0.25) is 0 Å². The molecule has 0 fully saturated rings. The first kappa shape index (κ1) is 14.8. The summed E-state index contributed by atoms with van der Waals surface area (Å²) < 4.78 is 3.34. The molecule has 0 saturated carbocycles. The molecule has 20 heavy (non-hydrogen) atoms. The smallest absolute Gasteiger partial charge is 0.250 e. The average Bonchev–Trinajstić information content (AvgIpc) is 2.76. The topological polar surface area (TPSA) is 39.3 Å². The van der Waals surface area contributed by atoms with Crippen LogP contribution in [0.15, 0.2) is 23.1 Å². The van der Waals surface area contributed by atoms with Gasteiger partial charge in [0.1, 0.15) is 0 Å². The third-order valence-electron chi connectivity index (χ3n) is 3.90. The average molecular weight is 275 g/mol. The molecule has 0 spiro atoms. The van der Waals surface area contributed by atoms with Gasteiger partial charge in [-0.15, -0.1) is 5.10 Å². The first-order valence-corrected chi connectivity index (χ1v) is 7.75. The zero-order valence-corrected chi connectivity index (χ0v) is 12.8. The van der Waals surface area contributed by atoms with Crippen LogP contribution in [-0.2, 0) is 0 Å². The van der Waals surface area contributed by atoms with Gasteiger partial charge >= 0.3 is 5.69 Å². The number of fused-ring (bicyclic) bond motifs is 1. The third kappa shape index (κ3) is 3.11. The van der Waals surface area contributed by atoms with Crippen LogP contribution in [-0.4, -0.2) is 14.2 Å². The summed E-state index contributed by atoms with van der Waals surface area (Å²) >= 11 is 0. The maximum Gasteiger partial charge on any atom is 0.350 e. The van der Waals surface area contributed by atoms with Gasteiger partial charge in [0.25, 0.3) is 0 Å². The van der Waals surface area contributed by atoms with E-state index in [-0.39, 0.29) is 11.7 Å². The van der Waals surface area contributed by atoms with Gasteiger partial charge in [-0.25, -0.2) is 9.48 Å². The zero-order chi connectivity index (χ0) is 14.5. The van der Waals surface area contributed by atoms with Crippen molar-refractivity contribution in [3.05, 3.63) is 34.4 Å². The van der Waals surface area contributed by atoms with E-state index < -0.39 is 0 Å². The molecule has 0 radical (unpaired) electrons. The number of hydrogen-bond donors (Lipinski definition) is 0. The van der Waals surface area contributed by atoms with Gasteiger partial charge < -0.3 is 0 Å². The molecule has 0 aliphatic heterocycles. The van der Waals surface area contributed by atoms with Gasteiger partial charge in [-0.2, -0.15) is 0 Å². The van der Waals surface area contributed by atoms with Crippen molar-refractivity contribution in [2.45, 2.75) is 65.3 Å². The van der Waals surface area contributed by atoms with Crippen LogP contribution in [0.1, 0.15) is 64.0 Å². The predicted octanol–water partition coefficient (Wildman–Crippen LogP) is 3.73. The fraction of sp³-hybridized carbons (Fsp3) is 0.625. The molecule has 1 atom stereocenters. The van der Waals surface area contributed by atoms with Crippen molar-refractivity contribution < 1.29 is 0 Å². The van der Waals surface area contributed by atoms with E-state index in [4.69, 9.17) is 0 Å². The maximum atomic E-state index is 12.4. The Morgan fingerprint density at radius 2 is 2.00 bits per heavy atom. The molecule has 0 saturated heterocycles. The van der Waals surface area contributed by atoms with Gasteiger partial charge in [-0.1, -0.05) is 45.6 Å². The molecule has 4 nitrogen and oxygen atoms in total. The Labute approximate surface area is 120 Å². The van der Waals surface area contributed by atoms with Gasteiger partial charge in [-0.3, -0.25) is 4.40 Å². The molecule has 2 rings (SSSR count). The van der Waals surface area contributed by atoms with Crippen molar-refractivity contribution in [3.8, 4) is 0 Å². The molecule has 110 valence electrons. The van der Waals surface area contributed by atoms with Gasteiger partial charge in [0.05, 0.1) is 6.04 Å². The summed E-state index contributed by atoms with van der Waals surface area (Å²) in [6.45, 7) is 6.34. The Hall–Kier alpha value is -1.58. The highest BCUT2D eigenvalue weighted by Gasteiger charge is 2.15. The van der Waals surface area contributed by atoms with Gasteiger partial charge in [0.15, 0.2) is 5.65 Å². The van der Waals surface area contributed by atoms with E-state index in [1.165, 1.54) is 25.7 Å². The Bertz CT molecular complexity index is 612. The van der Waals surface area contributed by atoms with Gasteiger partial charge in [0, 0.05) is 6.20 Å². The van der Waals surface area contributed by atoms with E-state index in [1.54, 1.807) is 9.08 Å². The SMILES string of the molecule is CCCCCCC(CC)n1nc2ccc(C)cn2c1=O. The number of hydrogen-bond acceptors (Lipinski definition) is 2. The second kappa shape index (κ2) is 6.73. The lowest BCUT2D eigenvalue weighted by molar-refractivity contribution is 0.385. The summed E-state index contributed by atoms with van der Waals surface area (Å²) in [4.78, 5) is 12.4. The molecule has 2 heterocycles. The number of rotatable bonds is 7. The predicted molar refractivity (Wildman–Crippen MR) is 82.3 cm³/mol. The standard InChI is InChI=1S/C16H25N3O/c1-4-6-7-8-9-14(5-2)19-16(20)18-12-13(3)10-11-15(18)17-19/h10-12,14H,4-9H2,1-3H3. The van der Waals surface area contributed by atoms with Crippen LogP contribution in [0.4, 0.5) is 0 Å². The fourth-order valence-electron chi connectivity index (χ4n) is 2.64. The Kier molecular flexibility index (Phi) is 4.99. The van der Waals surface area contributed by atoms with Crippen LogP contribution in [0.2, 0.25) is 0 Å². The van der Waals surface area contributed by atoms with E-state index in [0.29, 0.717) is 0 Å². The molecule has 0 bridgehead atoms. The number of aryl methyl sites for hydroxylation is 1. The third-order valence-corrected chi connectivity index (χ3v) is 3.90. The van der Waals surface area contributed by atoms with E-state index in [9.17, 15) is 4.79 Å². The summed E-state index contributed by atoms with van der Waals surface area (Å²) in [5.74, 6) is 0. The van der Waals surface area contributed by atoms with Crippen LogP contribution < -0.4 is 5.69 Å². The lowest BCUT2D eigenvalue weighted by Gasteiger charge is -2.13. The molecule has 0 amide bonds. The fourth-order valence-corrected chi connectivity index (χ4v) is 2.64. The minimum Gasteiger partial charge on any atom is -0.250 e. The molecule has 0 aliphatic carbocycles. The zero-order valence-electron chi connectivity index (χ0n) is 12.8. The second-order valence-corrected chi connectivity index (χ2v) is 5.57. The highest BCUT2D eigenvalue weighted by Crippen LogP contribution is 2.18. The van der Waals surface area contributed by atoms with E-state index >= 15 is 0 Å². The summed E-state index contributed by atoms with van der Waals surface area (Å²) in [6, 6.07) is 4.13. The highest BCUT2D eigenvalue weighted by atomic mass is 16.2. The maximum absolute atomic E-state index is 12.4. The minimum absolute atomic E-state index is 0.00829. The lowest BCUT2D eigenvalue weighted by Crippen LogP contribution is -2.25. The highest BCUT2D eigenvalue weighted by molar-refractivity contribution is 5.37. The molecule has 4 heteroatoms. The van der Waals surface area contributed by atoms with Crippen molar-refractivity contribution >= 4 is 5.65 Å². The Morgan fingerprint density at radius 3 is 2.70 bits per heavy atom. The molecule has 0 aliphatic rings. The molecular formula is C16H25N3O. The monoisotopic (exact) mass is 275 g/mol. The Balaban J connectivity index is 2.21. The summed E-state index contributed by atoms with van der Waals surface area (Å²) in [7, 11) is 0. The van der Waals surface area contributed by atoms with Crippen molar-refractivity contribution in [2.24, 2.45) is 0 Å². The van der Waals surface area contributed by atoms with E-state index in [1.807, 2.05) is 25.3 Å². The molecule has 2 aromatic heterocycles. The quantitative estimate of drug-likeness (QED) is 0.722. The summed E-state index contributed by atoms with van der Waals surface area (Å²) in [5.41, 5.74) is 1.81. The van der Waals surface area contributed by atoms with Crippen LogP contribution in [0.25, 0.3) is 5.65 Å². The molecule has 0 N–H and O–H groups in total. The van der Waals surface area contributed by atoms with Crippen molar-refractivity contribution in [1.29, 1.82) is 0 Å².